The molecule has 0 saturated heterocycles. The molecule has 0 aliphatic carbocycles. The minimum absolute atomic E-state index is 0.157. The van der Waals surface area contributed by atoms with Crippen LogP contribution in [0.15, 0.2) is 72.2 Å². The summed E-state index contributed by atoms with van der Waals surface area (Å²) in [5.41, 5.74) is 4.23. The molecule has 2 aromatic carbocycles. The van der Waals surface area contributed by atoms with Gasteiger partial charge in [0.15, 0.2) is 0 Å². The van der Waals surface area contributed by atoms with Gasteiger partial charge in [-0.1, -0.05) is 42.5 Å². The maximum atomic E-state index is 13.1. The molecule has 1 aliphatic heterocycles. The number of benzene rings is 2. The number of anilines is 2. The predicted molar refractivity (Wildman–Crippen MR) is 101 cm³/mol. The summed E-state index contributed by atoms with van der Waals surface area (Å²) in [5, 5.41) is 10.5. The first-order chi connectivity index (χ1) is 12.6. The van der Waals surface area contributed by atoms with Crippen LogP contribution in [0.25, 0.3) is 0 Å². The summed E-state index contributed by atoms with van der Waals surface area (Å²) < 4.78 is 1.74. The highest BCUT2D eigenvalue weighted by atomic mass is 16.1. The number of allylic oxidation sites excluding steroid dienone is 1. The van der Waals surface area contributed by atoms with Gasteiger partial charge in [-0.15, -0.1) is 0 Å². The Balaban J connectivity index is 1.75. The number of aryl methyl sites for hydroxylation is 1. The highest BCUT2D eigenvalue weighted by Gasteiger charge is 2.33. The lowest BCUT2D eigenvalue weighted by Crippen LogP contribution is -2.31. The lowest BCUT2D eigenvalue weighted by molar-refractivity contribution is -0.113. The Kier molecular flexibility index (Phi) is 4.01. The number of rotatable bonds is 3. The topological polar surface area (TPSA) is 71.8 Å². The van der Waals surface area contributed by atoms with Gasteiger partial charge >= 0.3 is 0 Å². The minimum atomic E-state index is -0.334. The fourth-order valence-corrected chi connectivity index (χ4v) is 3.25. The standard InChI is InChI=1S/C20H19N5O/c1-13-7-6-10-16(11-13)24-19(26)17-14(2)23-20-21-12-22-25(20)18(17)15-8-4-3-5-9-15/h3-12,18H,1-2H3,(H,24,26)(H,21,22,23). The van der Waals surface area contributed by atoms with E-state index in [0.29, 0.717) is 11.5 Å². The second kappa shape index (κ2) is 6.48. The van der Waals surface area contributed by atoms with Crippen molar-refractivity contribution in [2.45, 2.75) is 19.9 Å². The quantitative estimate of drug-likeness (QED) is 0.762. The molecule has 0 radical (unpaired) electrons. The van der Waals surface area contributed by atoms with Crippen LogP contribution in [0.3, 0.4) is 0 Å². The zero-order valence-electron chi connectivity index (χ0n) is 14.6. The predicted octanol–water partition coefficient (Wildman–Crippen LogP) is 3.51. The van der Waals surface area contributed by atoms with E-state index in [1.54, 1.807) is 4.68 Å². The smallest absolute Gasteiger partial charge is 0.255 e. The summed E-state index contributed by atoms with van der Waals surface area (Å²) in [6, 6.07) is 17.3. The summed E-state index contributed by atoms with van der Waals surface area (Å²) in [6.45, 7) is 3.88. The molecule has 2 heterocycles. The highest BCUT2D eigenvalue weighted by molar-refractivity contribution is 6.06. The Morgan fingerprint density at radius 1 is 1.12 bits per heavy atom. The van der Waals surface area contributed by atoms with E-state index < -0.39 is 0 Å². The molecule has 1 atom stereocenters. The van der Waals surface area contributed by atoms with Gasteiger partial charge in [0.25, 0.3) is 5.91 Å². The molecular weight excluding hydrogens is 326 g/mol. The maximum absolute atomic E-state index is 13.1. The lowest BCUT2D eigenvalue weighted by atomic mass is 9.95. The normalized spacial score (nSPS) is 16.0. The Morgan fingerprint density at radius 3 is 2.69 bits per heavy atom. The molecule has 1 aliphatic rings. The molecule has 0 saturated carbocycles. The van der Waals surface area contributed by atoms with E-state index in [9.17, 15) is 4.79 Å². The molecule has 1 aromatic heterocycles. The van der Waals surface area contributed by atoms with Crippen molar-refractivity contribution in [1.82, 2.24) is 14.8 Å². The molecule has 0 fully saturated rings. The Labute approximate surface area is 151 Å². The summed E-state index contributed by atoms with van der Waals surface area (Å²) in [7, 11) is 0. The molecule has 6 nitrogen and oxygen atoms in total. The van der Waals surface area contributed by atoms with Gasteiger partial charge in [-0.2, -0.15) is 10.1 Å². The van der Waals surface area contributed by atoms with Crippen LogP contribution < -0.4 is 10.6 Å². The average Bonchev–Trinajstić information content (AvgIpc) is 3.09. The number of hydrogen-bond donors (Lipinski definition) is 2. The van der Waals surface area contributed by atoms with Crippen LogP contribution in [0.1, 0.15) is 24.1 Å². The van der Waals surface area contributed by atoms with Crippen LogP contribution in [0.2, 0.25) is 0 Å². The molecule has 0 bridgehead atoms. The second-order valence-corrected chi connectivity index (χ2v) is 6.33. The van der Waals surface area contributed by atoms with Crippen molar-refractivity contribution in [3.05, 3.63) is 83.3 Å². The summed E-state index contributed by atoms with van der Waals surface area (Å²) in [5.74, 6) is 0.471. The van der Waals surface area contributed by atoms with Gasteiger partial charge in [0.05, 0.1) is 5.57 Å². The zero-order valence-corrected chi connectivity index (χ0v) is 14.6. The molecule has 26 heavy (non-hydrogen) atoms. The van der Waals surface area contributed by atoms with Crippen LogP contribution in [0.4, 0.5) is 11.6 Å². The van der Waals surface area contributed by atoms with Crippen molar-refractivity contribution in [1.29, 1.82) is 0 Å². The van der Waals surface area contributed by atoms with Crippen molar-refractivity contribution in [2.24, 2.45) is 0 Å². The molecule has 3 aromatic rings. The number of carbonyl (C=O) groups excluding carboxylic acids is 1. The van der Waals surface area contributed by atoms with Gasteiger partial charge in [-0.25, -0.2) is 4.68 Å². The van der Waals surface area contributed by atoms with E-state index in [0.717, 1.165) is 22.5 Å². The molecule has 2 N–H and O–H groups in total. The van der Waals surface area contributed by atoms with Crippen molar-refractivity contribution in [3.63, 3.8) is 0 Å². The molecule has 1 unspecified atom stereocenters. The van der Waals surface area contributed by atoms with Crippen LogP contribution in [0, 0.1) is 6.92 Å². The first kappa shape index (κ1) is 16.1. The molecule has 130 valence electrons. The van der Waals surface area contributed by atoms with E-state index in [-0.39, 0.29) is 11.9 Å². The first-order valence-corrected chi connectivity index (χ1v) is 8.44. The first-order valence-electron chi connectivity index (χ1n) is 8.44. The monoisotopic (exact) mass is 345 g/mol. The van der Waals surface area contributed by atoms with E-state index >= 15 is 0 Å². The summed E-state index contributed by atoms with van der Waals surface area (Å²) in [4.78, 5) is 17.4. The van der Waals surface area contributed by atoms with Gasteiger partial charge < -0.3 is 10.6 Å². The number of fused-ring (bicyclic) bond motifs is 1. The summed E-state index contributed by atoms with van der Waals surface area (Å²) in [6.07, 6.45) is 1.49. The minimum Gasteiger partial charge on any atom is -0.328 e. The number of amides is 1. The lowest BCUT2D eigenvalue weighted by Gasteiger charge is -2.28. The van der Waals surface area contributed by atoms with E-state index in [2.05, 4.69) is 20.7 Å². The third-order valence-electron chi connectivity index (χ3n) is 4.43. The molecule has 1 amide bonds. The fourth-order valence-electron chi connectivity index (χ4n) is 3.25. The van der Waals surface area contributed by atoms with Gasteiger partial charge in [0, 0.05) is 11.4 Å². The number of hydrogen-bond acceptors (Lipinski definition) is 4. The van der Waals surface area contributed by atoms with Crippen molar-refractivity contribution >= 4 is 17.5 Å². The number of nitrogens with one attached hydrogen (secondary N) is 2. The molecule has 4 rings (SSSR count). The van der Waals surface area contributed by atoms with E-state index in [1.165, 1.54) is 6.33 Å². The Bertz CT molecular complexity index is 990. The van der Waals surface area contributed by atoms with Gasteiger partial charge in [-0.05, 0) is 37.1 Å². The van der Waals surface area contributed by atoms with Gasteiger partial charge in [-0.3, -0.25) is 4.79 Å². The van der Waals surface area contributed by atoms with Gasteiger partial charge in [0.2, 0.25) is 5.95 Å². The van der Waals surface area contributed by atoms with E-state index in [1.807, 2.05) is 68.4 Å². The third kappa shape index (κ3) is 2.86. The SMILES string of the molecule is CC1=C(C(=O)Nc2cccc(C)c2)C(c2ccccc2)n2ncnc2N1. The number of nitrogens with zero attached hydrogens (tertiary/aromatic N) is 3. The molecule has 0 spiro atoms. The Hall–Kier alpha value is -3.41. The van der Waals surface area contributed by atoms with Crippen LogP contribution in [-0.4, -0.2) is 20.7 Å². The van der Waals surface area contributed by atoms with Crippen molar-refractivity contribution in [3.8, 4) is 0 Å². The van der Waals surface area contributed by atoms with Crippen molar-refractivity contribution in [2.75, 3.05) is 10.6 Å². The fraction of sp³-hybridized carbons (Fsp3) is 0.150. The van der Waals surface area contributed by atoms with Crippen LogP contribution in [-0.2, 0) is 4.79 Å². The third-order valence-corrected chi connectivity index (χ3v) is 4.43. The largest absolute Gasteiger partial charge is 0.328 e. The molecule has 6 heteroatoms. The number of aromatic nitrogens is 3. The zero-order chi connectivity index (χ0) is 18.1. The highest BCUT2D eigenvalue weighted by Crippen LogP contribution is 2.34. The number of carbonyl (C=O) groups is 1. The van der Waals surface area contributed by atoms with Crippen molar-refractivity contribution < 1.29 is 4.79 Å². The second-order valence-electron chi connectivity index (χ2n) is 6.33. The average molecular weight is 345 g/mol. The van der Waals surface area contributed by atoms with E-state index in [4.69, 9.17) is 0 Å². The summed E-state index contributed by atoms with van der Waals surface area (Å²) >= 11 is 0. The Morgan fingerprint density at radius 2 is 1.92 bits per heavy atom. The molecular formula is C20H19N5O. The maximum Gasteiger partial charge on any atom is 0.255 e. The van der Waals surface area contributed by atoms with Gasteiger partial charge in [0.1, 0.15) is 12.4 Å². The van der Waals surface area contributed by atoms with Crippen LogP contribution >= 0.6 is 0 Å². The van der Waals surface area contributed by atoms with Crippen LogP contribution in [0.5, 0.6) is 0 Å².